The van der Waals surface area contributed by atoms with Gasteiger partial charge in [0.05, 0.1) is 12.3 Å². The summed E-state index contributed by atoms with van der Waals surface area (Å²) in [4.78, 5) is 12.0. The van der Waals surface area contributed by atoms with Gasteiger partial charge in [-0.2, -0.15) is 11.8 Å². The lowest BCUT2D eigenvalue weighted by Crippen LogP contribution is -2.39. The second-order valence-corrected chi connectivity index (χ2v) is 5.06. The van der Waals surface area contributed by atoms with E-state index in [0.717, 1.165) is 29.3 Å². The summed E-state index contributed by atoms with van der Waals surface area (Å²) < 4.78 is 5.51. The van der Waals surface area contributed by atoms with E-state index in [-0.39, 0.29) is 11.9 Å². The van der Waals surface area contributed by atoms with Crippen LogP contribution in [-0.4, -0.2) is 30.6 Å². The van der Waals surface area contributed by atoms with Crippen LogP contribution in [0.5, 0.6) is 5.75 Å². The molecule has 1 aliphatic heterocycles. The molecule has 2 N–H and O–H groups in total. The Morgan fingerprint density at radius 3 is 3.00 bits per heavy atom. The van der Waals surface area contributed by atoms with Crippen molar-refractivity contribution in [2.45, 2.75) is 19.4 Å². The van der Waals surface area contributed by atoms with Gasteiger partial charge in [-0.15, -0.1) is 0 Å². The van der Waals surface area contributed by atoms with Crippen molar-refractivity contribution in [1.82, 2.24) is 0 Å². The number of nitrogens with one attached hydrogen (secondary N) is 2. The Hall–Kier alpha value is -1.36. The molecule has 0 spiro atoms. The molecule has 4 nitrogen and oxygen atoms in total. The number of rotatable bonds is 5. The van der Waals surface area contributed by atoms with Crippen LogP contribution in [0.1, 0.15) is 13.3 Å². The number of para-hydroxylation sites is 1. The van der Waals surface area contributed by atoms with E-state index in [1.807, 2.05) is 31.4 Å². The van der Waals surface area contributed by atoms with Crippen LogP contribution in [0, 0.1) is 0 Å². The minimum atomic E-state index is -0.151. The lowest BCUT2D eigenvalue weighted by molar-refractivity contribution is -0.117. The van der Waals surface area contributed by atoms with Crippen molar-refractivity contribution < 1.29 is 9.53 Å². The van der Waals surface area contributed by atoms with Crippen molar-refractivity contribution in [2.75, 3.05) is 29.2 Å². The Morgan fingerprint density at radius 1 is 1.44 bits per heavy atom. The zero-order valence-corrected chi connectivity index (χ0v) is 11.5. The van der Waals surface area contributed by atoms with Crippen LogP contribution < -0.4 is 15.4 Å². The standard InChI is InChI=1S/C13H18N2O2S/c1-3-17-11-6-4-5-9-12(11)15-13(16)10(14-9)7-8-18-2/h4-6,10,14H,3,7-8H2,1-2H3,(H,15,16). The summed E-state index contributed by atoms with van der Waals surface area (Å²) in [6.07, 6.45) is 2.87. The number of hydrogen-bond donors (Lipinski definition) is 2. The van der Waals surface area contributed by atoms with Gasteiger partial charge in [0.25, 0.3) is 0 Å². The Kier molecular flexibility index (Phi) is 4.36. The SMILES string of the molecule is CCOc1cccc2c1NC(=O)C(CCSC)N2. The number of amides is 1. The maximum atomic E-state index is 12.0. The van der Waals surface area contributed by atoms with Gasteiger partial charge in [0.15, 0.2) is 0 Å². The number of carbonyl (C=O) groups is 1. The van der Waals surface area contributed by atoms with Gasteiger partial charge in [-0.05, 0) is 37.5 Å². The smallest absolute Gasteiger partial charge is 0.247 e. The maximum absolute atomic E-state index is 12.0. The molecule has 1 heterocycles. The first-order chi connectivity index (χ1) is 8.76. The molecule has 0 aliphatic carbocycles. The first kappa shape index (κ1) is 13.1. The monoisotopic (exact) mass is 266 g/mol. The van der Waals surface area contributed by atoms with E-state index in [2.05, 4.69) is 10.6 Å². The summed E-state index contributed by atoms with van der Waals surface area (Å²) >= 11 is 1.75. The number of thioether (sulfide) groups is 1. The summed E-state index contributed by atoms with van der Waals surface area (Å²) in [6, 6.07) is 5.61. The molecule has 1 amide bonds. The van der Waals surface area contributed by atoms with Crippen LogP contribution in [0.2, 0.25) is 0 Å². The van der Waals surface area contributed by atoms with Crippen LogP contribution in [0.15, 0.2) is 18.2 Å². The van der Waals surface area contributed by atoms with Crippen LogP contribution in [0.3, 0.4) is 0 Å². The Morgan fingerprint density at radius 2 is 2.28 bits per heavy atom. The van der Waals surface area contributed by atoms with Crippen LogP contribution >= 0.6 is 11.8 Å². The first-order valence-electron chi connectivity index (χ1n) is 6.08. The highest BCUT2D eigenvalue weighted by molar-refractivity contribution is 7.98. The number of anilines is 2. The largest absolute Gasteiger partial charge is 0.492 e. The molecule has 5 heteroatoms. The summed E-state index contributed by atoms with van der Waals surface area (Å²) in [5.41, 5.74) is 1.69. The molecule has 18 heavy (non-hydrogen) atoms. The van der Waals surface area contributed by atoms with E-state index < -0.39 is 0 Å². The number of hydrogen-bond acceptors (Lipinski definition) is 4. The molecule has 1 atom stereocenters. The zero-order chi connectivity index (χ0) is 13.0. The second kappa shape index (κ2) is 6.00. The molecule has 1 aliphatic rings. The third kappa shape index (κ3) is 2.72. The molecular weight excluding hydrogens is 248 g/mol. The quantitative estimate of drug-likeness (QED) is 0.860. The summed E-state index contributed by atoms with van der Waals surface area (Å²) in [6.45, 7) is 2.51. The summed E-state index contributed by atoms with van der Waals surface area (Å²) in [5.74, 6) is 1.70. The molecule has 1 aromatic rings. The Balaban J connectivity index is 2.19. The molecule has 0 aromatic heterocycles. The molecule has 98 valence electrons. The molecular formula is C13H18N2O2S. The van der Waals surface area contributed by atoms with Gasteiger partial charge in [0.1, 0.15) is 17.5 Å². The van der Waals surface area contributed by atoms with Crippen molar-refractivity contribution in [1.29, 1.82) is 0 Å². The lowest BCUT2D eigenvalue weighted by Gasteiger charge is -2.28. The van der Waals surface area contributed by atoms with Gasteiger partial charge in [0, 0.05) is 0 Å². The number of carbonyl (C=O) groups excluding carboxylic acids is 1. The average molecular weight is 266 g/mol. The first-order valence-corrected chi connectivity index (χ1v) is 7.47. The fraction of sp³-hybridized carbons (Fsp3) is 0.462. The Bertz CT molecular complexity index is 437. The predicted octanol–water partition coefficient (Wildman–Crippen LogP) is 2.57. The van der Waals surface area contributed by atoms with Crippen molar-refractivity contribution in [3.05, 3.63) is 18.2 Å². The maximum Gasteiger partial charge on any atom is 0.247 e. The molecule has 0 bridgehead atoms. The molecule has 0 saturated heterocycles. The molecule has 2 rings (SSSR count). The van der Waals surface area contributed by atoms with Crippen LogP contribution in [0.4, 0.5) is 11.4 Å². The van der Waals surface area contributed by atoms with Gasteiger partial charge in [-0.3, -0.25) is 4.79 Å². The number of benzene rings is 1. The highest BCUT2D eigenvalue weighted by atomic mass is 32.2. The fourth-order valence-corrected chi connectivity index (χ4v) is 2.43. The highest BCUT2D eigenvalue weighted by Gasteiger charge is 2.26. The van der Waals surface area contributed by atoms with Crippen molar-refractivity contribution in [2.24, 2.45) is 0 Å². The zero-order valence-electron chi connectivity index (χ0n) is 10.7. The molecule has 1 unspecified atom stereocenters. The lowest BCUT2D eigenvalue weighted by atomic mass is 10.1. The van der Waals surface area contributed by atoms with E-state index in [0.29, 0.717) is 6.61 Å². The van der Waals surface area contributed by atoms with Crippen LogP contribution in [0.25, 0.3) is 0 Å². The van der Waals surface area contributed by atoms with Gasteiger partial charge in [0.2, 0.25) is 5.91 Å². The van der Waals surface area contributed by atoms with Crippen molar-refractivity contribution >= 4 is 29.0 Å². The number of ether oxygens (including phenoxy) is 1. The third-order valence-electron chi connectivity index (χ3n) is 2.83. The van der Waals surface area contributed by atoms with E-state index in [1.165, 1.54) is 0 Å². The topological polar surface area (TPSA) is 50.4 Å². The van der Waals surface area contributed by atoms with Crippen molar-refractivity contribution in [3.8, 4) is 5.75 Å². The number of fused-ring (bicyclic) bond motifs is 1. The van der Waals surface area contributed by atoms with E-state index in [4.69, 9.17) is 4.74 Å². The second-order valence-electron chi connectivity index (χ2n) is 4.08. The molecule has 0 fully saturated rings. The Labute approximate surface area is 111 Å². The average Bonchev–Trinajstić information content (AvgIpc) is 2.37. The summed E-state index contributed by atoms with van der Waals surface area (Å²) in [7, 11) is 0. The third-order valence-corrected chi connectivity index (χ3v) is 3.48. The molecule has 0 saturated carbocycles. The van der Waals surface area contributed by atoms with Gasteiger partial charge in [-0.25, -0.2) is 0 Å². The normalized spacial score (nSPS) is 17.7. The van der Waals surface area contributed by atoms with Gasteiger partial charge in [-0.1, -0.05) is 6.07 Å². The van der Waals surface area contributed by atoms with E-state index >= 15 is 0 Å². The minimum absolute atomic E-state index is 0.0173. The highest BCUT2D eigenvalue weighted by Crippen LogP contribution is 2.36. The van der Waals surface area contributed by atoms with Crippen molar-refractivity contribution in [3.63, 3.8) is 0 Å². The molecule has 0 radical (unpaired) electrons. The van der Waals surface area contributed by atoms with Gasteiger partial charge >= 0.3 is 0 Å². The van der Waals surface area contributed by atoms with E-state index in [9.17, 15) is 4.79 Å². The fourth-order valence-electron chi connectivity index (χ4n) is 1.96. The minimum Gasteiger partial charge on any atom is -0.492 e. The predicted molar refractivity (Wildman–Crippen MR) is 76.7 cm³/mol. The molecule has 1 aromatic carbocycles. The van der Waals surface area contributed by atoms with Crippen LogP contribution in [-0.2, 0) is 4.79 Å². The van der Waals surface area contributed by atoms with Gasteiger partial charge < -0.3 is 15.4 Å². The summed E-state index contributed by atoms with van der Waals surface area (Å²) in [5, 5.41) is 6.21. The van der Waals surface area contributed by atoms with E-state index in [1.54, 1.807) is 11.8 Å².